The zero-order chi connectivity index (χ0) is 13.2. The quantitative estimate of drug-likeness (QED) is 0.865. The van der Waals surface area contributed by atoms with Gasteiger partial charge in [-0.25, -0.2) is 4.79 Å². The van der Waals surface area contributed by atoms with Gasteiger partial charge in [-0.05, 0) is 38.3 Å². The molecule has 1 aromatic carbocycles. The molecule has 0 aliphatic heterocycles. The van der Waals surface area contributed by atoms with E-state index in [2.05, 4.69) is 15.6 Å². The fraction of sp³-hybridized carbons (Fsp3) is 0.333. The summed E-state index contributed by atoms with van der Waals surface area (Å²) in [7, 11) is 0. The van der Waals surface area contributed by atoms with Gasteiger partial charge in [0.2, 0.25) is 0 Å². The third kappa shape index (κ3) is 2.52. The van der Waals surface area contributed by atoms with Crippen molar-refractivity contribution in [2.75, 3.05) is 5.32 Å². The average Bonchev–Trinajstić information content (AvgIpc) is 2.34. The van der Waals surface area contributed by atoms with Gasteiger partial charge in [0.05, 0.1) is 11.2 Å². The van der Waals surface area contributed by atoms with E-state index in [0.717, 1.165) is 35.1 Å². The molecular formula is C15H17N3O. The first-order chi connectivity index (χ1) is 9.22. The van der Waals surface area contributed by atoms with Gasteiger partial charge in [0.15, 0.2) is 0 Å². The lowest BCUT2D eigenvalue weighted by Gasteiger charge is -2.26. The van der Waals surface area contributed by atoms with Gasteiger partial charge in [-0.15, -0.1) is 0 Å². The first kappa shape index (κ1) is 12.0. The van der Waals surface area contributed by atoms with Crippen LogP contribution < -0.4 is 10.6 Å². The molecule has 1 fully saturated rings. The molecule has 1 aromatic heterocycles. The van der Waals surface area contributed by atoms with E-state index < -0.39 is 0 Å². The van der Waals surface area contributed by atoms with Gasteiger partial charge >= 0.3 is 6.03 Å². The number of hydrogen-bond donors (Lipinski definition) is 2. The molecular weight excluding hydrogens is 238 g/mol. The van der Waals surface area contributed by atoms with Crippen LogP contribution in [-0.4, -0.2) is 17.1 Å². The highest BCUT2D eigenvalue weighted by molar-refractivity contribution is 6.00. The fourth-order valence-electron chi connectivity index (χ4n) is 2.31. The molecule has 4 heteroatoms. The highest BCUT2D eigenvalue weighted by atomic mass is 16.2. The fourth-order valence-corrected chi connectivity index (χ4v) is 2.31. The molecule has 2 amide bonds. The van der Waals surface area contributed by atoms with Crippen LogP contribution >= 0.6 is 0 Å². The third-order valence-corrected chi connectivity index (χ3v) is 3.53. The van der Waals surface area contributed by atoms with E-state index >= 15 is 0 Å². The molecule has 98 valence electrons. The molecule has 1 aliphatic carbocycles. The predicted molar refractivity (Wildman–Crippen MR) is 76.3 cm³/mol. The molecule has 1 heterocycles. The number of benzene rings is 1. The number of amides is 2. The van der Waals surface area contributed by atoms with Crippen molar-refractivity contribution in [2.24, 2.45) is 0 Å². The van der Waals surface area contributed by atoms with Crippen LogP contribution in [0, 0.1) is 6.92 Å². The number of carbonyl (C=O) groups is 1. The smallest absolute Gasteiger partial charge is 0.319 e. The lowest BCUT2D eigenvalue weighted by molar-refractivity contribution is 0.240. The minimum atomic E-state index is -0.125. The molecule has 0 unspecified atom stereocenters. The van der Waals surface area contributed by atoms with Crippen molar-refractivity contribution in [3.63, 3.8) is 0 Å². The summed E-state index contributed by atoms with van der Waals surface area (Å²) < 4.78 is 0. The van der Waals surface area contributed by atoms with Gasteiger partial charge in [-0.2, -0.15) is 0 Å². The Morgan fingerprint density at radius 3 is 2.84 bits per heavy atom. The van der Waals surface area contributed by atoms with Crippen molar-refractivity contribution in [1.82, 2.24) is 10.3 Å². The normalized spacial score (nSPS) is 15.0. The van der Waals surface area contributed by atoms with Crippen LogP contribution in [0.3, 0.4) is 0 Å². The maximum absolute atomic E-state index is 11.9. The summed E-state index contributed by atoms with van der Waals surface area (Å²) >= 11 is 0. The lowest BCUT2D eigenvalue weighted by atomic mass is 9.93. The second kappa shape index (κ2) is 4.88. The van der Waals surface area contributed by atoms with Crippen LogP contribution in [0.15, 0.2) is 30.3 Å². The molecule has 0 saturated heterocycles. The van der Waals surface area contributed by atoms with Crippen LogP contribution in [0.5, 0.6) is 0 Å². The van der Waals surface area contributed by atoms with Gasteiger partial charge in [0.1, 0.15) is 0 Å². The maximum Gasteiger partial charge on any atom is 0.319 e. The number of carbonyl (C=O) groups excluding carboxylic acids is 1. The van der Waals surface area contributed by atoms with Crippen LogP contribution in [0.2, 0.25) is 0 Å². The van der Waals surface area contributed by atoms with Crippen LogP contribution in [0.1, 0.15) is 25.0 Å². The molecule has 0 spiro atoms. The Hall–Kier alpha value is -2.10. The minimum absolute atomic E-state index is 0.125. The molecule has 3 rings (SSSR count). The van der Waals surface area contributed by atoms with E-state index in [1.54, 1.807) is 0 Å². The van der Waals surface area contributed by atoms with Crippen molar-refractivity contribution in [2.45, 2.75) is 32.2 Å². The summed E-state index contributed by atoms with van der Waals surface area (Å²) in [5.74, 6) is 0. The average molecular weight is 255 g/mol. The van der Waals surface area contributed by atoms with Crippen molar-refractivity contribution >= 4 is 22.6 Å². The summed E-state index contributed by atoms with van der Waals surface area (Å²) in [6.45, 7) is 1.93. The number of para-hydroxylation sites is 1. The Morgan fingerprint density at radius 1 is 1.32 bits per heavy atom. The van der Waals surface area contributed by atoms with Gasteiger partial charge in [-0.1, -0.05) is 18.2 Å². The number of aromatic nitrogens is 1. The largest absolute Gasteiger partial charge is 0.335 e. The van der Waals surface area contributed by atoms with Gasteiger partial charge in [0.25, 0.3) is 0 Å². The zero-order valence-corrected chi connectivity index (χ0v) is 10.9. The van der Waals surface area contributed by atoms with Crippen molar-refractivity contribution in [3.8, 4) is 0 Å². The highest BCUT2D eigenvalue weighted by Gasteiger charge is 2.19. The SMILES string of the molecule is Cc1cc(NC(=O)NC2CCC2)c2ccccc2n1. The number of fused-ring (bicyclic) bond motifs is 1. The summed E-state index contributed by atoms with van der Waals surface area (Å²) in [6.07, 6.45) is 3.38. The molecule has 0 radical (unpaired) electrons. The van der Waals surface area contributed by atoms with E-state index in [4.69, 9.17) is 0 Å². The molecule has 0 bridgehead atoms. The zero-order valence-electron chi connectivity index (χ0n) is 10.9. The molecule has 2 N–H and O–H groups in total. The number of rotatable bonds is 2. The van der Waals surface area contributed by atoms with Crippen molar-refractivity contribution in [1.29, 1.82) is 0 Å². The van der Waals surface area contributed by atoms with E-state index in [1.807, 2.05) is 37.3 Å². The molecule has 0 atom stereocenters. The number of aryl methyl sites for hydroxylation is 1. The third-order valence-electron chi connectivity index (χ3n) is 3.53. The molecule has 19 heavy (non-hydrogen) atoms. The summed E-state index contributed by atoms with van der Waals surface area (Å²) in [5, 5.41) is 6.88. The van der Waals surface area contributed by atoms with Crippen LogP contribution in [0.25, 0.3) is 10.9 Å². The van der Waals surface area contributed by atoms with E-state index in [-0.39, 0.29) is 6.03 Å². The summed E-state index contributed by atoms with van der Waals surface area (Å²) in [6, 6.07) is 9.96. The minimum Gasteiger partial charge on any atom is -0.335 e. The Bertz CT molecular complexity index is 620. The predicted octanol–water partition coefficient (Wildman–Crippen LogP) is 3.22. The van der Waals surface area contributed by atoms with E-state index in [0.29, 0.717) is 6.04 Å². The lowest BCUT2D eigenvalue weighted by Crippen LogP contribution is -2.41. The second-order valence-electron chi connectivity index (χ2n) is 5.05. The first-order valence-electron chi connectivity index (χ1n) is 6.66. The Balaban J connectivity index is 1.84. The van der Waals surface area contributed by atoms with E-state index in [1.165, 1.54) is 6.42 Å². The van der Waals surface area contributed by atoms with Gasteiger partial charge < -0.3 is 10.6 Å². The number of nitrogens with zero attached hydrogens (tertiary/aromatic N) is 1. The molecule has 1 aliphatic rings. The Morgan fingerprint density at radius 2 is 2.11 bits per heavy atom. The van der Waals surface area contributed by atoms with Crippen molar-refractivity contribution in [3.05, 3.63) is 36.0 Å². The van der Waals surface area contributed by atoms with Crippen LogP contribution in [-0.2, 0) is 0 Å². The second-order valence-corrected chi connectivity index (χ2v) is 5.05. The Labute approximate surface area is 112 Å². The van der Waals surface area contributed by atoms with E-state index in [9.17, 15) is 4.79 Å². The number of pyridine rings is 1. The monoisotopic (exact) mass is 255 g/mol. The topological polar surface area (TPSA) is 54.0 Å². The standard InChI is InChI=1S/C15H17N3O/c1-10-9-14(12-7-2-3-8-13(12)16-10)18-15(19)17-11-5-4-6-11/h2-3,7-9,11H,4-6H2,1H3,(H2,16,17,18,19). The number of urea groups is 1. The number of nitrogens with one attached hydrogen (secondary N) is 2. The van der Waals surface area contributed by atoms with Crippen molar-refractivity contribution < 1.29 is 4.79 Å². The molecule has 4 nitrogen and oxygen atoms in total. The summed E-state index contributed by atoms with van der Waals surface area (Å²) in [5.41, 5.74) is 2.62. The first-order valence-corrected chi connectivity index (χ1v) is 6.66. The molecule has 1 saturated carbocycles. The van der Waals surface area contributed by atoms with Gasteiger partial charge in [0, 0.05) is 17.1 Å². The Kier molecular flexibility index (Phi) is 3.07. The number of anilines is 1. The number of hydrogen-bond acceptors (Lipinski definition) is 2. The van der Waals surface area contributed by atoms with Crippen LogP contribution in [0.4, 0.5) is 10.5 Å². The van der Waals surface area contributed by atoms with Gasteiger partial charge in [-0.3, -0.25) is 4.98 Å². The maximum atomic E-state index is 11.9. The summed E-state index contributed by atoms with van der Waals surface area (Å²) in [4.78, 5) is 16.4. The highest BCUT2D eigenvalue weighted by Crippen LogP contribution is 2.23. The molecule has 2 aromatic rings.